The van der Waals surface area contributed by atoms with Crippen LogP contribution in [0.1, 0.15) is 19.8 Å². The van der Waals surface area contributed by atoms with Crippen molar-refractivity contribution in [3.05, 3.63) is 0 Å². The number of nitrogens with zero attached hydrogens (tertiary/aromatic N) is 2. The number of carbonyl (C=O) groups is 2. The quantitative estimate of drug-likeness (QED) is 0.711. The fourth-order valence-corrected chi connectivity index (χ4v) is 1.82. The van der Waals surface area contributed by atoms with Gasteiger partial charge in [0.1, 0.15) is 6.42 Å². The first-order chi connectivity index (χ1) is 7.54. The first kappa shape index (κ1) is 12.3. The van der Waals surface area contributed by atoms with Gasteiger partial charge < -0.3 is 15.3 Å². The molecule has 2 atom stereocenters. The molecule has 1 heterocycles. The van der Waals surface area contributed by atoms with Gasteiger partial charge in [-0.05, 0) is 12.3 Å². The molecule has 1 aliphatic rings. The number of amides is 2. The van der Waals surface area contributed by atoms with Crippen molar-refractivity contribution in [2.75, 3.05) is 13.1 Å². The molecular formula is C10H15N3O3. The van der Waals surface area contributed by atoms with E-state index in [1.165, 1.54) is 0 Å². The Morgan fingerprint density at radius 3 is 2.88 bits per heavy atom. The highest BCUT2D eigenvalue weighted by molar-refractivity contribution is 5.78. The Kier molecular flexibility index (Phi) is 4.11. The lowest BCUT2D eigenvalue weighted by atomic mass is 9.93. The summed E-state index contributed by atoms with van der Waals surface area (Å²) < 4.78 is 0. The number of carbonyl (C=O) groups excluding carboxylic acids is 1. The van der Waals surface area contributed by atoms with Crippen LogP contribution in [0.15, 0.2) is 0 Å². The summed E-state index contributed by atoms with van der Waals surface area (Å²) in [4.78, 5) is 23.6. The van der Waals surface area contributed by atoms with Gasteiger partial charge in [0.2, 0.25) is 5.91 Å². The molecule has 16 heavy (non-hydrogen) atoms. The number of hydrogen-bond acceptors (Lipinski definition) is 3. The van der Waals surface area contributed by atoms with Crippen LogP contribution in [0.2, 0.25) is 0 Å². The largest absolute Gasteiger partial charge is 0.465 e. The third kappa shape index (κ3) is 3.12. The smallest absolute Gasteiger partial charge is 0.404 e. The molecule has 6 nitrogen and oxygen atoms in total. The number of carboxylic acid groups (broad SMARTS) is 1. The zero-order valence-electron chi connectivity index (χ0n) is 9.14. The zero-order valence-corrected chi connectivity index (χ0v) is 9.14. The Hall–Kier alpha value is -1.77. The van der Waals surface area contributed by atoms with Crippen molar-refractivity contribution in [2.45, 2.75) is 25.8 Å². The number of nitriles is 1. The number of piperidine rings is 1. The maximum atomic E-state index is 11.5. The summed E-state index contributed by atoms with van der Waals surface area (Å²) in [5.41, 5.74) is 0. The number of likely N-dealkylation sites (tertiary alicyclic amines) is 1. The first-order valence-electron chi connectivity index (χ1n) is 5.18. The van der Waals surface area contributed by atoms with E-state index in [9.17, 15) is 9.59 Å². The Bertz CT molecular complexity index is 324. The number of nitrogens with one attached hydrogen (secondary N) is 1. The van der Waals surface area contributed by atoms with Gasteiger partial charge in [0.05, 0.1) is 12.1 Å². The van der Waals surface area contributed by atoms with Crippen LogP contribution in [0.4, 0.5) is 4.79 Å². The predicted octanol–water partition coefficient (Wildman–Crippen LogP) is 0.405. The van der Waals surface area contributed by atoms with Crippen molar-refractivity contribution in [2.24, 2.45) is 5.92 Å². The molecule has 2 N–H and O–H groups in total. The van der Waals surface area contributed by atoms with Crippen LogP contribution in [0.5, 0.6) is 0 Å². The van der Waals surface area contributed by atoms with E-state index in [2.05, 4.69) is 5.32 Å². The third-order valence-corrected chi connectivity index (χ3v) is 2.85. The minimum absolute atomic E-state index is 0.145. The van der Waals surface area contributed by atoms with Gasteiger partial charge in [0, 0.05) is 13.1 Å². The zero-order chi connectivity index (χ0) is 12.1. The van der Waals surface area contributed by atoms with Crippen molar-refractivity contribution in [1.29, 1.82) is 5.26 Å². The summed E-state index contributed by atoms with van der Waals surface area (Å²) in [6, 6.07) is 1.56. The van der Waals surface area contributed by atoms with Crippen LogP contribution in [0.3, 0.4) is 0 Å². The molecule has 0 saturated carbocycles. The van der Waals surface area contributed by atoms with Crippen molar-refractivity contribution in [1.82, 2.24) is 10.2 Å². The predicted molar refractivity (Wildman–Crippen MR) is 55.5 cm³/mol. The van der Waals surface area contributed by atoms with Crippen molar-refractivity contribution < 1.29 is 14.7 Å². The van der Waals surface area contributed by atoms with Crippen LogP contribution in [-0.4, -0.2) is 41.1 Å². The summed E-state index contributed by atoms with van der Waals surface area (Å²) in [6.45, 7) is 2.90. The van der Waals surface area contributed by atoms with E-state index in [4.69, 9.17) is 10.4 Å². The van der Waals surface area contributed by atoms with Crippen LogP contribution in [-0.2, 0) is 4.79 Å². The molecule has 1 saturated heterocycles. The van der Waals surface area contributed by atoms with E-state index < -0.39 is 6.09 Å². The molecular weight excluding hydrogens is 210 g/mol. The Morgan fingerprint density at radius 2 is 2.31 bits per heavy atom. The standard InChI is InChI=1S/C10H15N3O3/c1-7-3-5-13(9(14)2-4-11)6-8(7)12-10(15)16/h7-8,12H,2-3,5-6H2,1H3,(H,15,16). The second-order valence-corrected chi connectivity index (χ2v) is 4.00. The molecule has 0 bridgehead atoms. The molecule has 0 aromatic heterocycles. The van der Waals surface area contributed by atoms with Gasteiger partial charge in [-0.25, -0.2) is 4.79 Å². The van der Waals surface area contributed by atoms with Gasteiger partial charge in [0.25, 0.3) is 0 Å². The summed E-state index contributed by atoms with van der Waals surface area (Å²) in [7, 11) is 0. The fourth-order valence-electron chi connectivity index (χ4n) is 1.82. The average Bonchev–Trinajstić information content (AvgIpc) is 2.21. The molecule has 1 aliphatic heterocycles. The van der Waals surface area contributed by atoms with Crippen LogP contribution in [0.25, 0.3) is 0 Å². The molecule has 6 heteroatoms. The second kappa shape index (κ2) is 5.35. The van der Waals surface area contributed by atoms with Gasteiger partial charge in [-0.2, -0.15) is 5.26 Å². The SMILES string of the molecule is CC1CCN(C(=O)CC#N)CC1NC(=O)O. The van der Waals surface area contributed by atoms with Crippen molar-refractivity contribution in [3.63, 3.8) is 0 Å². The third-order valence-electron chi connectivity index (χ3n) is 2.85. The molecule has 1 fully saturated rings. The van der Waals surface area contributed by atoms with E-state index >= 15 is 0 Å². The van der Waals surface area contributed by atoms with Gasteiger partial charge >= 0.3 is 6.09 Å². The molecule has 88 valence electrons. The highest BCUT2D eigenvalue weighted by atomic mass is 16.4. The van der Waals surface area contributed by atoms with Gasteiger partial charge in [-0.15, -0.1) is 0 Å². The summed E-state index contributed by atoms with van der Waals surface area (Å²) >= 11 is 0. The minimum atomic E-state index is -1.08. The van der Waals surface area contributed by atoms with Gasteiger partial charge in [0.15, 0.2) is 0 Å². The normalized spacial score (nSPS) is 24.6. The van der Waals surface area contributed by atoms with Gasteiger partial charge in [-0.1, -0.05) is 6.92 Å². The van der Waals surface area contributed by atoms with E-state index in [1.807, 2.05) is 6.92 Å². The summed E-state index contributed by atoms with van der Waals surface area (Å²) in [6.07, 6.45) is -0.470. The Balaban J connectivity index is 2.57. The van der Waals surface area contributed by atoms with Crippen molar-refractivity contribution in [3.8, 4) is 6.07 Å². The highest BCUT2D eigenvalue weighted by Gasteiger charge is 2.29. The first-order valence-corrected chi connectivity index (χ1v) is 5.18. The van der Waals surface area contributed by atoms with E-state index in [1.54, 1.807) is 11.0 Å². The molecule has 1 rings (SSSR count). The molecule has 0 aromatic rings. The maximum absolute atomic E-state index is 11.5. The monoisotopic (exact) mass is 225 g/mol. The average molecular weight is 225 g/mol. The lowest BCUT2D eigenvalue weighted by Crippen LogP contribution is -2.53. The van der Waals surface area contributed by atoms with E-state index in [-0.39, 0.29) is 24.3 Å². The molecule has 2 unspecified atom stereocenters. The number of rotatable bonds is 2. The fraction of sp³-hybridized carbons (Fsp3) is 0.700. The molecule has 2 amide bonds. The Labute approximate surface area is 93.8 Å². The summed E-state index contributed by atoms with van der Waals surface area (Å²) in [5, 5.41) is 19.5. The highest BCUT2D eigenvalue weighted by Crippen LogP contribution is 2.17. The topological polar surface area (TPSA) is 93.4 Å². The minimum Gasteiger partial charge on any atom is -0.465 e. The lowest BCUT2D eigenvalue weighted by molar-refractivity contribution is -0.132. The maximum Gasteiger partial charge on any atom is 0.404 e. The van der Waals surface area contributed by atoms with E-state index in [0.29, 0.717) is 13.1 Å². The molecule has 0 radical (unpaired) electrons. The molecule has 0 aliphatic carbocycles. The van der Waals surface area contributed by atoms with Gasteiger partial charge in [-0.3, -0.25) is 4.79 Å². The van der Waals surface area contributed by atoms with Crippen LogP contribution < -0.4 is 5.32 Å². The number of hydrogen-bond donors (Lipinski definition) is 2. The lowest BCUT2D eigenvalue weighted by Gasteiger charge is -2.36. The Morgan fingerprint density at radius 1 is 1.62 bits per heavy atom. The second-order valence-electron chi connectivity index (χ2n) is 4.00. The molecule has 0 aromatic carbocycles. The van der Waals surface area contributed by atoms with E-state index in [0.717, 1.165) is 6.42 Å². The van der Waals surface area contributed by atoms with Crippen LogP contribution in [0, 0.1) is 17.2 Å². The summed E-state index contributed by atoms with van der Waals surface area (Å²) in [5.74, 6) is -0.0196. The van der Waals surface area contributed by atoms with Crippen LogP contribution >= 0.6 is 0 Å². The molecule has 0 spiro atoms. The van der Waals surface area contributed by atoms with Crippen molar-refractivity contribution >= 4 is 12.0 Å².